The second kappa shape index (κ2) is 10.2. The number of benzene rings is 2. The molecule has 0 radical (unpaired) electrons. The Morgan fingerprint density at radius 1 is 1.00 bits per heavy atom. The van der Waals surface area contributed by atoms with E-state index in [-0.39, 0.29) is 34.0 Å². The number of carbonyl (C=O) groups excluding carboxylic acids is 3. The van der Waals surface area contributed by atoms with E-state index in [4.69, 9.17) is 15.2 Å². The van der Waals surface area contributed by atoms with E-state index < -0.39 is 29.9 Å². The number of amides is 1. The molecular formula is C24H19F3N4O5. The molecule has 3 rings (SSSR count). The van der Waals surface area contributed by atoms with E-state index in [0.29, 0.717) is 5.56 Å². The number of alkyl halides is 3. The Kier molecular flexibility index (Phi) is 7.33. The summed E-state index contributed by atoms with van der Waals surface area (Å²) in [5, 5.41) is 11.7. The molecule has 12 heteroatoms. The molecule has 0 spiro atoms. The standard InChI is InChI=1S/C24H19F3N4O5/c1-35-21(32)18-17(13-6-4-3-5-7-13)16(12-28)20(29)31(19(18)22(33)36-2)15-10-8-14(9-11-15)30-23(34)24(25,26)27/h3-11,17H,29H2,1-2H3,(H,30,34). The molecule has 9 nitrogen and oxygen atoms in total. The maximum atomic E-state index is 13.0. The van der Waals surface area contributed by atoms with Gasteiger partial charge in [-0.05, 0) is 29.8 Å². The lowest BCUT2D eigenvalue weighted by Gasteiger charge is -2.35. The van der Waals surface area contributed by atoms with Crippen molar-refractivity contribution in [2.75, 3.05) is 24.4 Å². The number of rotatable bonds is 5. The Hall–Kier alpha value is -4.79. The fraction of sp³-hybridized carbons (Fsp3) is 0.167. The Balaban J connectivity index is 2.23. The average Bonchev–Trinajstić information content (AvgIpc) is 2.87. The molecule has 1 aliphatic rings. The topological polar surface area (TPSA) is 135 Å². The molecule has 3 N–H and O–H groups in total. The molecule has 2 aromatic carbocycles. The van der Waals surface area contributed by atoms with E-state index in [2.05, 4.69) is 0 Å². The second-order valence-electron chi connectivity index (χ2n) is 7.33. The van der Waals surface area contributed by atoms with Crippen LogP contribution in [0.25, 0.3) is 0 Å². The minimum atomic E-state index is -5.09. The molecule has 0 aromatic heterocycles. The van der Waals surface area contributed by atoms with Gasteiger partial charge in [-0.25, -0.2) is 9.59 Å². The van der Waals surface area contributed by atoms with Crippen molar-refractivity contribution in [3.05, 3.63) is 82.8 Å². The van der Waals surface area contributed by atoms with Crippen LogP contribution in [-0.4, -0.2) is 38.2 Å². The molecule has 0 fully saturated rings. The number of anilines is 2. The van der Waals surface area contributed by atoms with Crippen molar-refractivity contribution in [2.24, 2.45) is 5.73 Å². The molecule has 1 amide bonds. The Labute approximate surface area is 203 Å². The van der Waals surface area contributed by atoms with Crippen molar-refractivity contribution >= 4 is 29.2 Å². The van der Waals surface area contributed by atoms with Gasteiger partial charge in [0.1, 0.15) is 11.5 Å². The van der Waals surface area contributed by atoms with Gasteiger partial charge in [-0.2, -0.15) is 18.4 Å². The highest BCUT2D eigenvalue weighted by Gasteiger charge is 2.43. The Bertz CT molecular complexity index is 1300. The van der Waals surface area contributed by atoms with E-state index in [0.717, 1.165) is 31.3 Å². The van der Waals surface area contributed by atoms with Crippen LogP contribution in [0.15, 0.2) is 77.3 Å². The van der Waals surface area contributed by atoms with Gasteiger partial charge in [-0.15, -0.1) is 0 Å². The third kappa shape index (κ3) is 4.85. The summed E-state index contributed by atoms with van der Waals surface area (Å²) < 4.78 is 47.5. The third-order valence-corrected chi connectivity index (χ3v) is 5.25. The predicted molar refractivity (Wildman–Crippen MR) is 121 cm³/mol. The highest BCUT2D eigenvalue weighted by molar-refractivity contribution is 6.06. The number of hydrogen-bond acceptors (Lipinski definition) is 8. The number of hydrogen-bond donors (Lipinski definition) is 2. The monoisotopic (exact) mass is 500 g/mol. The molecular weight excluding hydrogens is 481 g/mol. The summed E-state index contributed by atoms with van der Waals surface area (Å²) in [6, 6.07) is 15.1. The van der Waals surface area contributed by atoms with Crippen LogP contribution in [0.1, 0.15) is 11.5 Å². The number of allylic oxidation sites excluding steroid dienone is 1. The Morgan fingerprint density at radius 2 is 1.58 bits per heavy atom. The molecule has 1 heterocycles. The number of esters is 2. The number of nitriles is 1. The van der Waals surface area contributed by atoms with Crippen LogP contribution in [0.3, 0.4) is 0 Å². The van der Waals surface area contributed by atoms with Gasteiger partial charge in [-0.3, -0.25) is 9.69 Å². The number of methoxy groups -OCH3 is 2. The first-order chi connectivity index (χ1) is 17.0. The normalized spacial score (nSPS) is 15.8. The van der Waals surface area contributed by atoms with Crippen LogP contribution >= 0.6 is 0 Å². The lowest BCUT2D eigenvalue weighted by atomic mass is 9.81. The molecule has 2 aromatic rings. The molecule has 1 unspecified atom stereocenters. The maximum absolute atomic E-state index is 13.0. The zero-order chi connectivity index (χ0) is 26.6. The van der Waals surface area contributed by atoms with Crippen LogP contribution in [0.2, 0.25) is 0 Å². The van der Waals surface area contributed by atoms with Crippen LogP contribution in [0.4, 0.5) is 24.5 Å². The highest BCUT2D eigenvalue weighted by atomic mass is 19.4. The second-order valence-corrected chi connectivity index (χ2v) is 7.33. The van der Waals surface area contributed by atoms with Gasteiger partial charge in [0, 0.05) is 11.4 Å². The fourth-order valence-corrected chi connectivity index (χ4v) is 3.68. The summed E-state index contributed by atoms with van der Waals surface area (Å²) in [6.45, 7) is 0. The molecule has 0 saturated heterocycles. The van der Waals surface area contributed by atoms with Gasteiger partial charge in [0.15, 0.2) is 0 Å². The molecule has 36 heavy (non-hydrogen) atoms. The molecule has 1 atom stereocenters. The molecule has 0 bridgehead atoms. The predicted octanol–water partition coefficient (Wildman–Crippen LogP) is 3.09. The summed E-state index contributed by atoms with van der Waals surface area (Å²) in [4.78, 5) is 38.2. The quantitative estimate of drug-likeness (QED) is 0.598. The van der Waals surface area contributed by atoms with Crippen molar-refractivity contribution in [3.63, 3.8) is 0 Å². The fourth-order valence-electron chi connectivity index (χ4n) is 3.68. The van der Waals surface area contributed by atoms with Crippen molar-refractivity contribution in [1.82, 2.24) is 0 Å². The number of ether oxygens (including phenoxy) is 2. The Morgan fingerprint density at radius 3 is 2.08 bits per heavy atom. The van der Waals surface area contributed by atoms with Crippen LogP contribution in [-0.2, 0) is 23.9 Å². The van der Waals surface area contributed by atoms with E-state index in [1.807, 2.05) is 6.07 Å². The SMILES string of the molecule is COC(=O)C1=C(C(=O)OC)N(c2ccc(NC(=O)C(F)(F)F)cc2)C(N)=C(C#N)C1c1ccccc1. The number of nitrogens with zero attached hydrogens (tertiary/aromatic N) is 2. The van der Waals surface area contributed by atoms with Crippen molar-refractivity contribution in [2.45, 2.75) is 12.1 Å². The smallest absolute Gasteiger partial charge is 0.466 e. The third-order valence-electron chi connectivity index (χ3n) is 5.25. The van der Waals surface area contributed by atoms with E-state index >= 15 is 0 Å². The number of nitrogens with two attached hydrogens (primary N) is 1. The van der Waals surface area contributed by atoms with E-state index in [9.17, 15) is 32.8 Å². The van der Waals surface area contributed by atoms with E-state index in [1.165, 1.54) is 12.1 Å². The summed E-state index contributed by atoms with van der Waals surface area (Å²) in [7, 11) is 2.18. The first-order valence-electron chi connectivity index (χ1n) is 10.2. The molecule has 0 saturated carbocycles. The number of carbonyl (C=O) groups is 3. The average molecular weight is 500 g/mol. The van der Waals surface area contributed by atoms with Crippen LogP contribution < -0.4 is 16.0 Å². The van der Waals surface area contributed by atoms with Gasteiger partial charge >= 0.3 is 24.0 Å². The summed E-state index contributed by atoms with van der Waals surface area (Å²) in [5.74, 6) is -5.37. The van der Waals surface area contributed by atoms with Crippen LogP contribution in [0.5, 0.6) is 0 Å². The first-order valence-corrected chi connectivity index (χ1v) is 10.2. The van der Waals surface area contributed by atoms with Gasteiger partial charge < -0.3 is 20.5 Å². The van der Waals surface area contributed by atoms with Crippen LogP contribution in [0, 0.1) is 11.3 Å². The first kappa shape index (κ1) is 25.8. The van der Waals surface area contributed by atoms with E-state index in [1.54, 1.807) is 35.6 Å². The van der Waals surface area contributed by atoms with Crippen molar-refractivity contribution in [1.29, 1.82) is 5.26 Å². The zero-order valence-corrected chi connectivity index (χ0v) is 18.9. The van der Waals surface area contributed by atoms with Crippen molar-refractivity contribution < 1.29 is 37.0 Å². The largest absolute Gasteiger partial charge is 0.471 e. The minimum absolute atomic E-state index is 0.0799. The van der Waals surface area contributed by atoms with Gasteiger partial charge in [0.05, 0.1) is 37.4 Å². The molecule has 186 valence electrons. The van der Waals surface area contributed by atoms with Gasteiger partial charge in [0.2, 0.25) is 0 Å². The number of halogens is 3. The highest BCUT2D eigenvalue weighted by Crippen LogP contribution is 2.43. The zero-order valence-electron chi connectivity index (χ0n) is 18.9. The van der Waals surface area contributed by atoms with Crippen molar-refractivity contribution in [3.8, 4) is 6.07 Å². The minimum Gasteiger partial charge on any atom is -0.466 e. The lowest BCUT2D eigenvalue weighted by molar-refractivity contribution is -0.167. The number of nitrogens with one attached hydrogen (secondary N) is 1. The molecule has 1 aliphatic heterocycles. The summed E-state index contributed by atoms with van der Waals surface area (Å²) in [6.07, 6.45) is -5.09. The van der Waals surface area contributed by atoms with Gasteiger partial charge in [0.25, 0.3) is 0 Å². The summed E-state index contributed by atoms with van der Waals surface area (Å²) in [5.41, 5.74) is 6.05. The lowest BCUT2D eigenvalue weighted by Crippen LogP contribution is -2.40. The summed E-state index contributed by atoms with van der Waals surface area (Å²) >= 11 is 0. The molecule has 0 aliphatic carbocycles. The van der Waals surface area contributed by atoms with Gasteiger partial charge in [-0.1, -0.05) is 30.3 Å². The maximum Gasteiger partial charge on any atom is 0.471 e.